The second-order valence-corrected chi connectivity index (χ2v) is 3.86. The first-order valence-electron chi connectivity index (χ1n) is 4.79. The minimum absolute atomic E-state index is 0.0499. The third-order valence-electron chi connectivity index (χ3n) is 1.93. The molecule has 0 aromatic carbocycles. The highest BCUT2D eigenvalue weighted by molar-refractivity contribution is 9.11. The topological polar surface area (TPSA) is 81.9 Å². The monoisotopic (exact) mass is 284 g/mol. The van der Waals surface area contributed by atoms with Crippen LogP contribution >= 0.6 is 15.9 Å². The van der Waals surface area contributed by atoms with Gasteiger partial charge in [-0.3, -0.25) is 0 Å². The number of aromatic hydroxyl groups is 1. The van der Waals surface area contributed by atoms with Gasteiger partial charge in [0.1, 0.15) is 6.33 Å². The minimum Gasteiger partial charge on any atom is -0.493 e. The molecule has 86 valence electrons. The van der Waals surface area contributed by atoms with Gasteiger partial charge in [0.25, 0.3) is 0 Å². The quantitative estimate of drug-likeness (QED) is 0.567. The van der Waals surface area contributed by atoms with E-state index in [0.717, 1.165) is 16.7 Å². The van der Waals surface area contributed by atoms with Crippen LogP contribution in [0.5, 0.6) is 5.88 Å². The lowest BCUT2D eigenvalue weighted by molar-refractivity contribution is 0.445. The van der Waals surface area contributed by atoms with Crippen molar-refractivity contribution in [3.8, 4) is 5.88 Å². The first kappa shape index (κ1) is 12.6. The maximum atomic E-state index is 9.48. The van der Waals surface area contributed by atoms with Crippen LogP contribution in [0.4, 0.5) is 0 Å². The fraction of sp³-hybridized carbons (Fsp3) is 0.300. The lowest BCUT2D eigenvalue weighted by atomic mass is 10.1. The van der Waals surface area contributed by atoms with Crippen molar-refractivity contribution in [3.63, 3.8) is 0 Å². The van der Waals surface area contributed by atoms with Gasteiger partial charge < -0.3 is 15.8 Å². The maximum Gasteiger partial charge on any atom is 0.217 e. The summed E-state index contributed by atoms with van der Waals surface area (Å²) in [4.78, 5) is 7.52. The van der Waals surface area contributed by atoms with Gasteiger partial charge in [0, 0.05) is 36.5 Å². The van der Waals surface area contributed by atoms with Crippen LogP contribution in [0.15, 0.2) is 22.7 Å². The van der Waals surface area contributed by atoms with E-state index in [-0.39, 0.29) is 5.88 Å². The first-order chi connectivity index (χ1) is 7.69. The molecule has 0 bridgehead atoms. The number of halogens is 1. The Balaban J connectivity index is 2.90. The number of rotatable bonds is 5. The molecule has 1 heterocycles. The van der Waals surface area contributed by atoms with Crippen molar-refractivity contribution >= 4 is 22.1 Å². The molecule has 1 aromatic rings. The van der Waals surface area contributed by atoms with Gasteiger partial charge in [0.2, 0.25) is 5.88 Å². The van der Waals surface area contributed by atoms with Crippen LogP contribution in [-0.2, 0) is 6.42 Å². The van der Waals surface area contributed by atoms with Crippen molar-refractivity contribution in [3.05, 3.63) is 28.3 Å². The van der Waals surface area contributed by atoms with E-state index in [1.54, 1.807) is 0 Å². The fourth-order valence-corrected chi connectivity index (χ4v) is 1.68. The van der Waals surface area contributed by atoms with Crippen LogP contribution in [0, 0.1) is 5.41 Å². The lowest BCUT2D eigenvalue weighted by Gasteiger charge is -2.07. The molecule has 0 amide bonds. The first-order valence-corrected chi connectivity index (χ1v) is 5.59. The molecule has 0 radical (unpaired) electrons. The van der Waals surface area contributed by atoms with E-state index in [1.807, 2.05) is 6.92 Å². The van der Waals surface area contributed by atoms with E-state index in [2.05, 4.69) is 31.2 Å². The molecule has 0 atom stereocenters. The third kappa shape index (κ3) is 3.30. The Bertz CT molecular complexity index is 406. The Kier molecular flexibility index (Phi) is 4.91. The largest absolute Gasteiger partial charge is 0.493 e. The van der Waals surface area contributed by atoms with Crippen molar-refractivity contribution in [1.82, 2.24) is 15.3 Å². The van der Waals surface area contributed by atoms with Crippen molar-refractivity contribution in [2.45, 2.75) is 13.3 Å². The molecular weight excluding hydrogens is 272 g/mol. The van der Waals surface area contributed by atoms with E-state index >= 15 is 0 Å². The molecule has 3 N–H and O–H groups in total. The summed E-state index contributed by atoms with van der Waals surface area (Å²) in [5.41, 5.74) is 1.32. The number of aromatic nitrogens is 2. The summed E-state index contributed by atoms with van der Waals surface area (Å²) in [5, 5.41) is 19.9. The average molecular weight is 285 g/mol. The highest BCUT2D eigenvalue weighted by Gasteiger charge is 2.07. The zero-order valence-corrected chi connectivity index (χ0v) is 10.5. The van der Waals surface area contributed by atoms with Crippen LogP contribution in [0.3, 0.4) is 0 Å². The fourth-order valence-electron chi connectivity index (χ4n) is 1.14. The summed E-state index contributed by atoms with van der Waals surface area (Å²) in [6.07, 6.45) is 4.47. The van der Waals surface area contributed by atoms with Gasteiger partial charge in [0.15, 0.2) is 0 Å². The molecule has 0 fully saturated rings. The van der Waals surface area contributed by atoms with Gasteiger partial charge in [-0.1, -0.05) is 0 Å². The predicted octanol–water partition coefficient (Wildman–Crippen LogP) is 1.59. The Morgan fingerprint density at radius 1 is 1.69 bits per heavy atom. The van der Waals surface area contributed by atoms with Crippen LogP contribution < -0.4 is 5.32 Å². The SMILES string of the molecule is CCN/C(Br)=C(\C=N)Cc1cncnc1O. The summed E-state index contributed by atoms with van der Waals surface area (Å²) >= 11 is 3.34. The minimum atomic E-state index is -0.0499. The normalized spacial score (nSPS) is 11.9. The molecule has 6 heteroatoms. The zero-order valence-electron chi connectivity index (χ0n) is 8.87. The Morgan fingerprint density at radius 3 is 3.00 bits per heavy atom. The smallest absolute Gasteiger partial charge is 0.217 e. The average Bonchev–Trinajstić information content (AvgIpc) is 2.28. The van der Waals surface area contributed by atoms with Gasteiger partial charge in [-0.25, -0.2) is 9.97 Å². The summed E-state index contributed by atoms with van der Waals surface area (Å²) in [5.74, 6) is -0.0499. The molecule has 0 aliphatic heterocycles. The molecule has 0 saturated carbocycles. The van der Waals surface area contributed by atoms with E-state index in [0.29, 0.717) is 12.0 Å². The Labute approximate surface area is 102 Å². The molecule has 0 saturated heterocycles. The maximum absolute atomic E-state index is 9.48. The summed E-state index contributed by atoms with van der Waals surface area (Å²) in [7, 11) is 0. The van der Waals surface area contributed by atoms with Crippen molar-refractivity contribution in [2.75, 3.05) is 6.54 Å². The molecule has 0 unspecified atom stereocenters. The van der Waals surface area contributed by atoms with E-state index in [9.17, 15) is 5.11 Å². The molecule has 1 aromatic heterocycles. The number of nitrogens with one attached hydrogen (secondary N) is 2. The van der Waals surface area contributed by atoms with Gasteiger partial charge >= 0.3 is 0 Å². The molecule has 5 nitrogen and oxygen atoms in total. The van der Waals surface area contributed by atoms with Gasteiger partial charge in [-0.05, 0) is 22.9 Å². The summed E-state index contributed by atoms with van der Waals surface area (Å²) in [6, 6.07) is 0. The molecule has 16 heavy (non-hydrogen) atoms. The van der Waals surface area contributed by atoms with E-state index < -0.39 is 0 Å². The molecular formula is C10H13BrN4O. The van der Waals surface area contributed by atoms with Gasteiger partial charge in [-0.15, -0.1) is 0 Å². The number of nitrogens with zero attached hydrogens (tertiary/aromatic N) is 2. The highest BCUT2D eigenvalue weighted by atomic mass is 79.9. The van der Waals surface area contributed by atoms with Crippen LogP contribution in [0.2, 0.25) is 0 Å². The lowest BCUT2D eigenvalue weighted by Crippen LogP contribution is -2.11. The molecule has 0 aliphatic rings. The number of allylic oxidation sites excluding steroid dienone is 1. The van der Waals surface area contributed by atoms with Crippen LogP contribution in [-0.4, -0.2) is 27.8 Å². The van der Waals surface area contributed by atoms with Crippen molar-refractivity contribution in [2.24, 2.45) is 0 Å². The highest BCUT2D eigenvalue weighted by Crippen LogP contribution is 2.18. The van der Waals surface area contributed by atoms with Gasteiger partial charge in [-0.2, -0.15) is 0 Å². The summed E-state index contributed by atoms with van der Waals surface area (Å²) < 4.78 is 0.744. The van der Waals surface area contributed by atoms with Crippen molar-refractivity contribution < 1.29 is 5.11 Å². The molecule has 1 rings (SSSR count). The third-order valence-corrected chi connectivity index (χ3v) is 2.72. The summed E-state index contributed by atoms with van der Waals surface area (Å²) in [6.45, 7) is 2.72. The standard InChI is InChI=1S/C10H13BrN4O/c1-2-14-9(11)7(4-12)3-8-5-13-6-15-10(8)16/h4-6,12,14H,2-3H2,1H3,(H,13,15,16)/b9-7-,12-4?. The Hall–Kier alpha value is -1.43. The number of hydrogen-bond acceptors (Lipinski definition) is 5. The second-order valence-electron chi connectivity index (χ2n) is 3.06. The van der Waals surface area contributed by atoms with Crippen LogP contribution in [0.1, 0.15) is 12.5 Å². The van der Waals surface area contributed by atoms with E-state index in [4.69, 9.17) is 5.41 Å². The van der Waals surface area contributed by atoms with Gasteiger partial charge in [0.05, 0.1) is 4.61 Å². The molecule has 0 spiro atoms. The zero-order chi connectivity index (χ0) is 12.0. The second kappa shape index (κ2) is 6.22. The van der Waals surface area contributed by atoms with Crippen LogP contribution in [0.25, 0.3) is 0 Å². The Morgan fingerprint density at radius 2 is 2.44 bits per heavy atom. The number of hydrogen-bond donors (Lipinski definition) is 3. The van der Waals surface area contributed by atoms with E-state index in [1.165, 1.54) is 18.7 Å². The molecule has 0 aliphatic carbocycles. The van der Waals surface area contributed by atoms with Crippen molar-refractivity contribution in [1.29, 1.82) is 5.41 Å². The predicted molar refractivity (Wildman–Crippen MR) is 65.8 cm³/mol.